The quantitative estimate of drug-likeness (QED) is 0.836. The summed E-state index contributed by atoms with van der Waals surface area (Å²) in [6, 6.07) is 0. The second-order valence-electron chi connectivity index (χ2n) is 3.54. The van der Waals surface area contributed by atoms with Gasteiger partial charge in [0.2, 0.25) is 0 Å². The van der Waals surface area contributed by atoms with Gasteiger partial charge in [-0.3, -0.25) is 9.48 Å². The van der Waals surface area contributed by atoms with Gasteiger partial charge in [-0.25, -0.2) is 4.68 Å². The average molecular weight is 235 g/mol. The molecule has 0 aliphatic heterocycles. The highest BCUT2D eigenvalue weighted by molar-refractivity contribution is 6.03. The number of hydrogen-bond donors (Lipinski definition) is 1. The van der Waals surface area contributed by atoms with Crippen LogP contribution in [0.2, 0.25) is 0 Å². The van der Waals surface area contributed by atoms with Crippen LogP contribution in [0.1, 0.15) is 10.4 Å². The van der Waals surface area contributed by atoms with Crippen molar-refractivity contribution >= 4 is 11.6 Å². The van der Waals surface area contributed by atoms with Gasteiger partial charge in [0.25, 0.3) is 5.91 Å². The molecule has 0 bridgehead atoms. The number of hydrogen-bond acceptors (Lipinski definition) is 4. The number of ether oxygens (including phenoxy) is 1. The summed E-state index contributed by atoms with van der Waals surface area (Å²) in [5.41, 5.74) is 1.13. The molecule has 2 aromatic rings. The molecule has 0 saturated carbocycles. The van der Waals surface area contributed by atoms with Gasteiger partial charge in [-0.1, -0.05) is 0 Å². The summed E-state index contributed by atoms with van der Waals surface area (Å²) in [6.07, 6.45) is 6.41. The van der Waals surface area contributed by atoms with Crippen molar-refractivity contribution in [3.8, 4) is 0 Å². The molecule has 7 nitrogen and oxygen atoms in total. The minimum Gasteiger partial charge on any atom is -0.362 e. The Morgan fingerprint density at radius 1 is 1.41 bits per heavy atom. The number of aromatic nitrogens is 4. The molecule has 0 unspecified atom stereocenters. The van der Waals surface area contributed by atoms with E-state index in [9.17, 15) is 4.79 Å². The summed E-state index contributed by atoms with van der Waals surface area (Å²) in [7, 11) is 3.34. The molecule has 1 amide bonds. The molecule has 0 saturated heterocycles. The Kier molecular flexibility index (Phi) is 3.20. The predicted molar refractivity (Wildman–Crippen MR) is 60.4 cm³/mol. The number of carbonyl (C=O) groups excluding carboxylic acids is 1. The first-order valence-electron chi connectivity index (χ1n) is 5.00. The smallest absolute Gasteiger partial charge is 0.258 e. The third-order valence-corrected chi connectivity index (χ3v) is 2.12. The van der Waals surface area contributed by atoms with Gasteiger partial charge in [0.1, 0.15) is 6.73 Å². The van der Waals surface area contributed by atoms with Crippen LogP contribution in [0.3, 0.4) is 0 Å². The van der Waals surface area contributed by atoms with Crippen LogP contribution in [0.5, 0.6) is 0 Å². The predicted octanol–water partition coefficient (Wildman–Crippen LogP) is 0.473. The van der Waals surface area contributed by atoms with E-state index < -0.39 is 0 Å². The third-order valence-electron chi connectivity index (χ3n) is 2.12. The van der Waals surface area contributed by atoms with Gasteiger partial charge in [-0.15, -0.1) is 0 Å². The van der Waals surface area contributed by atoms with E-state index in [4.69, 9.17) is 4.74 Å². The fourth-order valence-corrected chi connectivity index (χ4v) is 1.37. The van der Waals surface area contributed by atoms with E-state index in [-0.39, 0.29) is 5.91 Å². The maximum atomic E-state index is 11.8. The Balaban J connectivity index is 2.02. The molecule has 2 rings (SSSR count). The number of carbonyl (C=O) groups is 1. The van der Waals surface area contributed by atoms with Gasteiger partial charge in [0.15, 0.2) is 0 Å². The minimum atomic E-state index is -0.213. The van der Waals surface area contributed by atoms with Crippen molar-refractivity contribution in [1.29, 1.82) is 0 Å². The highest BCUT2D eigenvalue weighted by Gasteiger charge is 2.09. The number of methoxy groups -OCH3 is 1. The van der Waals surface area contributed by atoms with Crippen LogP contribution in [0.25, 0.3) is 0 Å². The molecule has 2 heterocycles. The van der Waals surface area contributed by atoms with Crippen LogP contribution in [0, 0.1) is 0 Å². The maximum Gasteiger partial charge on any atom is 0.258 e. The summed E-state index contributed by atoms with van der Waals surface area (Å²) in [5, 5.41) is 10.7. The number of aryl methyl sites for hydroxylation is 1. The monoisotopic (exact) mass is 235 g/mol. The lowest BCUT2D eigenvalue weighted by Crippen LogP contribution is -2.10. The molecule has 0 aliphatic rings. The molecule has 0 fully saturated rings. The maximum absolute atomic E-state index is 11.8. The normalized spacial score (nSPS) is 10.5. The first kappa shape index (κ1) is 11.3. The van der Waals surface area contributed by atoms with Crippen LogP contribution >= 0.6 is 0 Å². The first-order chi connectivity index (χ1) is 8.19. The molecule has 0 spiro atoms. The van der Waals surface area contributed by atoms with Crippen molar-refractivity contribution in [3.05, 3.63) is 30.4 Å². The second kappa shape index (κ2) is 4.79. The zero-order valence-electron chi connectivity index (χ0n) is 9.62. The van der Waals surface area contributed by atoms with Crippen LogP contribution < -0.4 is 5.32 Å². The number of amides is 1. The van der Waals surface area contributed by atoms with Crippen molar-refractivity contribution in [2.45, 2.75) is 6.73 Å². The molecular formula is C10H13N5O2. The summed E-state index contributed by atoms with van der Waals surface area (Å²) in [5.74, 6) is -0.213. The Morgan fingerprint density at radius 2 is 2.24 bits per heavy atom. The second-order valence-corrected chi connectivity index (χ2v) is 3.54. The lowest BCUT2D eigenvalue weighted by atomic mass is 10.3. The SMILES string of the molecule is COCn1cc(NC(=O)c2cnn(C)c2)cn1. The van der Waals surface area contributed by atoms with Crippen molar-refractivity contribution in [2.24, 2.45) is 7.05 Å². The van der Waals surface area contributed by atoms with Crippen molar-refractivity contribution in [2.75, 3.05) is 12.4 Å². The molecule has 17 heavy (non-hydrogen) atoms. The number of anilines is 1. The standard InChI is InChI=1S/C10H13N5O2/c1-14-5-8(3-11-14)10(16)13-9-4-12-15(6-9)7-17-2/h3-6H,7H2,1-2H3,(H,13,16). The fraction of sp³-hybridized carbons (Fsp3) is 0.300. The lowest BCUT2D eigenvalue weighted by Gasteiger charge is -1.99. The van der Waals surface area contributed by atoms with Gasteiger partial charge in [0, 0.05) is 20.4 Å². The molecule has 2 aromatic heterocycles. The van der Waals surface area contributed by atoms with E-state index in [1.54, 1.807) is 42.1 Å². The summed E-state index contributed by atoms with van der Waals surface area (Å²) >= 11 is 0. The molecular weight excluding hydrogens is 222 g/mol. The van der Waals surface area contributed by atoms with E-state index >= 15 is 0 Å². The first-order valence-corrected chi connectivity index (χ1v) is 5.00. The van der Waals surface area contributed by atoms with Crippen molar-refractivity contribution in [1.82, 2.24) is 19.6 Å². The Labute approximate surface area is 98.0 Å². The van der Waals surface area contributed by atoms with Gasteiger partial charge >= 0.3 is 0 Å². The van der Waals surface area contributed by atoms with Crippen LogP contribution in [0.4, 0.5) is 5.69 Å². The van der Waals surface area contributed by atoms with Gasteiger partial charge < -0.3 is 10.1 Å². The fourth-order valence-electron chi connectivity index (χ4n) is 1.37. The van der Waals surface area contributed by atoms with E-state index in [1.807, 2.05) is 0 Å². The van der Waals surface area contributed by atoms with Gasteiger partial charge in [0.05, 0.1) is 29.8 Å². The lowest BCUT2D eigenvalue weighted by molar-refractivity contribution is 0.102. The van der Waals surface area contributed by atoms with Crippen LogP contribution in [-0.2, 0) is 18.5 Å². The van der Waals surface area contributed by atoms with E-state index in [1.165, 1.54) is 6.20 Å². The van der Waals surface area contributed by atoms with Gasteiger partial charge in [-0.05, 0) is 0 Å². The van der Waals surface area contributed by atoms with E-state index in [0.717, 1.165) is 0 Å². The zero-order chi connectivity index (χ0) is 12.3. The zero-order valence-corrected chi connectivity index (χ0v) is 9.62. The molecule has 0 aliphatic carbocycles. The van der Waals surface area contributed by atoms with E-state index in [0.29, 0.717) is 18.0 Å². The molecule has 0 aromatic carbocycles. The largest absolute Gasteiger partial charge is 0.362 e. The highest BCUT2D eigenvalue weighted by Crippen LogP contribution is 2.07. The summed E-state index contributed by atoms with van der Waals surface area (Å²) in [4.78, 5) is 11.8. The van der Waals surface area contributed by atoms with Crippen LogP contribution in [-0.4, -0.2) is 32.6 Å². The summed E-state index contributed by atoms with van der Waals surface area (Å²) in [6.45, 7) is 0.350. The molecule has 7 heteroatoms. The number of rotatable bonds is 4. The minimum absolute atomic E-state index is 0.213. The number of nitrogens with one attached hydrogen (secondary N) is 1. The Morgan fingerprint density at radius 3 is 2.88 bits per heavy atom. The molecule has 0 atom stereocenters. The molecule has 0 radical (unpaired) electrons. The van der Waals surface area contributed by atoms with Crippen molar-refractivity contribution in [3.63, 3.8) is 0 Å². The average Bonchev–Trinajstić information content (AvgIpc) is 2.88. The molecule has 1 N–H and O–H groups in total. The number of nitrogens with zero attached hydrogens (tertiary/aromatic N) is 4. The van der Waals surface area contributed by atoms with Crippen molar-refractivity contribution < 1.29 is 9.53 Å². The Bertz CT molecular complexity index is 516. The third kappa shape index (κ3) is 2.70. The summed E-state index contributed by atoms with van der Waals surface area (Å²) < 4.78 is 8.06. The molecule has 90 valence electrons. The highest BCUT2D eigenvalue weighted by atomic mass is 16.5. The Hall–Kier alpha value is -2.15. The van der Waals surface area contributed by atoms with E-state index in [2.05, 4.69) is 15.5 Å². The topological polar surface area (TPSA) is 74.0 Å². The van der Waals surface area contributed by atoms with Crippen LogP contribution in [0.15, 0.2) is 24.8 Å². The van der Waals surface area contributed by atoms with Gasteiger partial charge in [-0.2, -0.15) is 10.2 Å².